The van der Waals surface area contributed by atoms with Crippen LogP contribution in [0.2, 0.25) is 10.0 Å². The van der Waals surface area contributed by atoms with Gasteiger partial charge in [0.1, 0.15) is 21.4 Å². The number of fused-ring (bicyclic) bond motifs is 1. The number of aromatic carboxylic acids is 1. The second-order valence-corrected chi connectivity index (χ2v) is 7.40. The number of nitrogens with zero attached hydrogens (tertiary/aromatic N) is 2. The number of nitrogens with one attached hydrogen (secondary N) is 2. The van der Waals surface area contributed by atoms with Gasteiger partial charge in [0, 0.05) is 12.4 Å². The molecule has 1 aliphatic heterocycles. The molecular weight excluding hydrogens is 507 g/mol. The molecule has 15 heteroatoms. The fraction of sp³-hybridized carbons (Fsp3) is 0.167. The third kappa shape index (κ3) is 5.66. The first-order valence-electron chi connectivity index (χ1n) is 8.83. The molecule has 0 fully saturated rings. The molecule has 0 saturated carbocycles. The summed E-state index contributed by atoms with van der Waals surface area (Å²) in [6.07, 6.45) is 0.546. The van der Waals surface area contributed by atoms with Crippen LogP contribution in [-0.2, 0) is 4.79 Å². The maximum absolute atomic E-state index is 11.2. The van der Waals surface area contributed by atoms with Gasteiger partial charge in [0.2, 0.25) is 0 Å². The molecule has 3 N–H and O–H groups in total. The zero-order valence-electron chi connectivity index (χ0n) is 16.3. The molecule has 0 saturated heterocycles. The van der Waals surface area contributed by atoms with E-state index in [2.05, 4.69) is 10.6 Å². The van der Waals surface area contributed by atoms with Crippen molar-refractivity contribution < 1.29 is 29.3 Å². The van der Waals surface area contributed by atoms with Gasteiger partial charge >= 0.3 is 17.3 Å². The molecule has 1 aliphatic rings. The number of ketones is 1. The molecule has 0 radical (unpaired) electrons. The van der Waals surface area contributed by atoms with Gasteiger partial charge in [-0.2, -0.15) is 0 Å². The van der Waals surface area contributed by atoms with E-state index in [0.29, 0.717) is 18.8 Å². The van der Waals surface area contributed by atoms with Crippen LogP contribution in [0.25, 0.3) is 0 Å². The lowest BCUT2D eigenvalue weighted by molar-refractivity contribution is -0.383. The highest BCUT2D eigenvalue weighted by atomic mass is 35.5. The molecule has 0 spiro atoms. The van der Waals surface area contributed by atoms with Crippen molar-refractivity contribution in [3.63, 3.8) is 0 Å². The van der Waals surface area contributed by atoms with Crippen LogP contribution < -0.4 is 10.6 Å². The molecule has 0 bridgehead atoms. The number of carboxylic acid groups (broad SMARTS) is 1. The number of halogens is 3. The summed E-state index contributed by atoms with van der Waals surface area (Å²) in [5.41, 5.74) is -1.32. The smallest absolute Gasteiger partial charge is 0.338 e. The predicted molar refractivity (Wildman–Crippen MR) is 120 cm³/mol. The summed E-state index contributed by atoms with van der Waals surface area (Å²) in [7, 11) is 0. The summed E-state index contributed by atoms with van der Waals surface area (Å²) in [4.78, 5) is 53.3. The number of benzene rings is 2. The Hall–Kier alpha value is -3.48. The minimum Gasteiger partial charge on any atom is -0.478 e. The van der Waals surface area contributed by atoms with Gasteiger partial charge in [-0.3, -0.25) is 29.8 Å². The van der Waals surface area contributed by atoms with Crippen LogP contribution in [0.5, 0.6) is 0 Å². The summed E-state index contributed by atoms with van der Waals surface area (Å²) >= 11 is 16.8. The Labute approximate surface area is 199 Å². The lowest BCUT2D eigenvalue weighted by atomic mass is 10.1. The number of hydrogen-bond acceptors (Lipinski definition) is 8. The van der Waals surface area contributed by atoms with Crippen molar-refractivity contribution in [2.45, 2.75) is 6.42 Å². The number of carbonyl (C=O) groups is 3. The number of Topliss-reactive ketones (excluding diaryl/α,β-unsaturated/α-hetero) is 1. The van der Waals surface area contributed by atoms with Crippen LogP contribution in [0.15, 0.2) is 24.3 Å². The highest BCUT2D eigenvalue weighted by molar-refractivity contribution is 6.52. The fourth-order valence-electron chi connectivity index (χ4n) is 2.73. The summed E-state index contributed by atoms with van der Waals surface area (Å²) in [6, 6.07) is 4.91. The zero-order valence-corrected chi connectivity index (χ0v) is 18.5. The number of nitro benzene ring substituents is 2. The third-order valence-corrected chi connectivity index (χ3v) is 5.03. The van der Waals surface area contributed by atoms with E-state index in [1.54, 1.807) is 0 Å². The van der Waals surface area contributed by atoms with Crippen LogP contribution in [0.3, 0.4) is 0 Å². The SMILES string of the molecule is O=C(O)c1ccc(Cl)c([N+](=O)[O-])c1NCCCCl.O=C1Nc2c(ccc(Cl)c2[N+](=O)[O-])C1=O. The molecule has 3 rings (SSSR count). The Balaban J connectivity index is 0.000000237. The maximum atomic E-state index is 11.2. The van der Waals surface area contributed by atoms with Gasteiger partial charge in [0.05, 0.1) is 21.0 Å². The van der Waals surface area contributed by atoms with Crippen LogP contribution in [0.1, 0.15) is 27.1 Å². The van der Waals surface area contributed by atoms with Gasteiger partial charge in [-0.15, -0.1) is 11.6 Å². The van der Waals surface area contributed by atoms with Gasteiger partial charge in [-0.1, -0.05) is 23.2 Å². The number of carboxylic acids is 1. The third-order valence-electron chi connectivity index (χ3n) is 4.15. The van der Waals surface area contributed by atoms with Gasteiger partial charge in [0.25, 0.3) is 11.7 Å². The molecular formula is C18H13Cl3N4O8. The predicted octanol–water partition coefficient (Wildman–Crippen LogP) is 4.37. The van der Waals surface area contributed by atoms with E-state index >= 15 is 0 Å². The molecule has 33 heavy (non-hydrogen) atoms. The summed E-state index contributed by atoms with van der Waals surface area (Å²) in [6.45, 7) is 0.324. The normalized spacial score (nSPS) is 11.7. The van der Waals surface area contributed by atoms with E-state index < -0.39 is 38.9 Å². The second kappa shape index (κ2) is 10.9. The molecule has 1 heterocycles. The number of carbonyl (C=O) groups excluding carboxylic acids is 2. The van der Waals surface area contributed by atoms with Crippen molar-refractivity contribution in [3.8, 4) is 0 Å². The molecule has 0 aromatic heterocycles. The van der Waals surface area contributed by atoms with Gasteiger partial charge in [0.15, 0.2) is 0 Å². The Bertz CT molecular complexity index is 1170. The first kappa shape index (κ1) is 25.8. The molecule has 1 amide bonds. The number of alkyl halides is 1. The summed E-state index contributed by atoms with van der Waals surface area (Å²) in [5, 5.41) is 35.1. The summed E-state index contributed by atoms with van der Waals surface area (Å²) < 4.78 is 0. The summed E-state index contributed by atoms with van der Waals surface area (Å²) in [5.74, 6) is -2.56. The highest BCUT2D eigenvalue weighted by Crippen LogP contribution is 2.38. The fourth-order valence-corrected chi connectivity index (χ4v) is 3.32. The van der Waals surface area contributed by atoms with E-state index in [-0.39, 0.29) is 32.5 Å². The van der Waals surface area contributed by atoms with Crippen LogP contribution >= 0.6 is 34.8 Å². The van der Waals surface area contributed by atoms with E-state index in [0.717, 1.165) is 0 Å². The van der Waals surface area contributed by atoms with E-state index in [1.165, 1.54) is 24.3 Å². The van der Waals surface area contributed by atoms with Crippen LogP contribution in [0.4, 0.5) is 22.7 Å². The number of anilines is 2. The average Bonchev–Trinajstić information content (AvgIpc) is 3.01. The Morgan fingerprint density at radius 1 is 1.03 bits per heavy atom. The standard InChI is InChI=1S/C10H10Cl2N2O4.C8H3ClN2O4/c11-4-1-5-13-8-6(10(15)16)2-3-7(12)9(8)14(17)18;9-4-2-1-3-5(6(4)11(14)15)10-8(13)7(3)12/h2-3,13H,1,4-5H2,(H,15,16);1-2H,(H,10,12,13). The van der Waals surface area contributed by atoms with Gasteiger partial charge in [-0.25, -0.2) is 4.79 Å². The molecule has 0 aliphatic carbocycles. The lowest BCUT2D eigenvalue weighted by Gasteiger charge is -2.10. The van der Waals surface area contributed by atoms with E-state index in [9.17, 15) is 34.6 Å². The van der Waals surface area contributed by atoms with Gasteiger partial charge < -0.3 is 15.7 Å². The minimum absolute atomic E-state index is 0.0175. The van der Waals surface area contributed by atoms with Gasteiger partial charge in [-0.05, 0) is 30.7 Å². The van der Waals surface area contributed by atoms with Crippen molar-refractivity contribution in [2.75, 3.05) is 23.1 Å². The van der Waals surface area contributed by atoms with Crippen molar-refractivity contribution in [1.82, 2.24) is 0 Å². The van der Waals surface area contributed by atoms with Crippen LogP contribution in [0, 0.1) is 20.2 Å². The quantitative estimate of drug-likeness (QED) is 0.157. The largest absolute Gasteiger partial charge is 0.478 e. The molecule has 12 nitrogen and oxygen atoms in total. The van der Waals surface area contributed by atoms with Crippen molar-refractivity contribution in [3.05, 3.63) is 65.7 Å². The molecule has 174 valence electrons. The minimum atomic E-state index is -1.26. The molecule has 0 unspecified atom stereocenters. The molecule has 2 aromatic carbocycles. The topological polar surface area (TPSA) is 182 Å². The molecule has 2 aromatic rings. The number of nitro groups is 2. The average molecular weight is 520 g/mol. The Morgan fingerprint density at radius 3 is 2.15 bits per heavy atom. The monoisotopic (exact) mass is 518 g/mol. The molecule has 0 atom stereocenters. The second-order valence-electron chi connectivity index (χ2n) is 6.21. The number of amides is 1. The highest BCUT2D eigenvalue weighted by Gasteiger charge is 2.35. The Morgan fingerprint density at radius 2 is 1.61 bits per heavy atom. The zero-order chi connectivity index (χ0) is 24.9. The van der Waals surface area contributed by atoms with E-state index in [1.807, 2.05) is 0 Å². The van der Waals surface area contributed by atoms with Crippen molar-refractivity contribution >= 4 is 75.2 Å². The Kier molecular flexibility index (Phi) is 8.51. The van der Waals surface area contributed by atoms with Crippen LogP contribution in [-0.4, -0.2) is 45.0 Å². The van der Waals surface area contributed by atoms with Crippen molar-refractivity contribution in [1.29, 1.82) is 0 Å². The van der Waals surface area contributed by atoms with E-state index in [4.69, 9.17) is 39.9 Å². The first-order valence-corrected chi connectivity index (χ1v) is 10.1. The lowest BCUT2D eigenvalue weighted by Crippen LogP contribution is -2.12. The number of rotatable bonds is 7. The maximum Gasteiger partial charge on any atom is 0.338 e. The first-order chi connectivity index (χ1) is 15.5. The number of hydrogen-bond donors (Lipinski definition) is 3. The van der Waals surface area contributed by atoms with Crippen molar-refractivity contribution in [2.24, 2.45) is 0 Å².